The van der Waals surface area contributed by atoms with Crippen LogP contribution in [0.3, 0.4) is 0 Å². The first-order valence-corrected chi connectivity index (χ1v) is 5.88. The predicted octanol–water partition coefficient (Wildman–Crippen LogP) is 0.227. The van der Waals surface area contributed by atoms with Crippen molar-refractivity contribution in [2.24, 2.45) is 0 Å². The van der Waals surface area contributed by atoms with E-state index in [1.165, 1.54) is 6.20 Å². The molecule has 1 rings (SSSR count). The van der Waals surface area contributed by atoms with Crippen LogP contribution in [0, 0.1) is 0 Å². The Labute approximate surface area is 111 Å². The molecule has 0 radical (unpaired) electrons. The van der Waals surface area contributed by atoms with Gasteiger partial charge >= 0.3 is 0 Å². The molecular formula is C11H16N4O2S. The summed E-state index contributed by atoms with van der Waals surface area (Å²) in [5.74, 6) is -0.288. The fourth-order valence-electron chi connectivity index (χ4n) is 1.15. The van der Waals surface area contributed by atoms with Gasteiger partial charge in [-0.1, -0.05) is 0 Å². The summed E-state index contributed by atoms with van der Waals surface area (Å²) in [5.41, 5.74) is 5.55. The van der Waals surface area contributed by atoms with E-state index in [-0.39, 0.29) is 5.91 Å². The van der Waals surface area contributed by atoms with Gasteiger partial charge in [0.25, 0.3) is 5.91 Å². The second-order valence-electron chi connectivity index (χ2n) is 3.42. The molecule has 0 aliphatic heterocycles. The zero-order valence-electron chi connectivity index (χ0n) is 10.1. The van der Waals surface area contributed by atoms with E-state index >= 15 is 0 Å². The van der Waals surface area contributed by atoms with Crippen molar-refractivity contribution in [2.45, 2.75) is 6.42 Å². The number of thiocarbonyl (C=S) groups is 1. The van der Waals surface area contributed by atoms with Crippen molar-refractivity contribution in [3.8, 4) is 0 Å². The molecule has 0 unspecified atom stereocenters. The molecule has 18 heavy (non-hydrogen) atoms. The first-order chi connectivity index (χ1) is 8.74. The molecule has 98 valence electrons. The number of rotatable bonds is 5. The number of methoxy groups -OCH3 is 1. The van der Waals surface area contributed by atoms with Crippen LogP contribution in [0.5, 0.6) is 0 Å². The van der Waals surface area contributed by atoms with E-state index in [4.69, 9.17) is 17.0 Å². The van der Waals surface area contributed by atoms with Crippen LogP contribution < -0.4 is 16.2 Å². The van der Waals surface area contributed by atoms with Crippen molar-refractivity contribution >= 4 is 23.2 Å². The highest BCUT2D eigenvalue weighted by molar-refractivity contribution is 7.80. The third kappa shape index (κ3) is 5.55. The molecule has 0 aliphatic carbocycles. The van der Waals surface area contributed by atoms with Crippen molar-refractivity contribution in [3.63, 3.8) is 0 Å². The maximum Gasteiger partial charge on any atom is 0.271 e. The Morgan fingerprint density at radius 2 is 2.33 bits per heavy atom. The second-order valence-corrected chi connectivity index (χ2v) is 3.83. The molecule has 0 aromatic carbocycles. The summed E-state index contributed by atoms with van der Waals surface area (Å²) in [6.45, 7) is 1.35. The lowest BCUT2D eigenvalue weighted by Gasteiger charge is -2.11. The van der Waals surface area contributed by atoms with Gasteiger partial charge in [-0.05, 0) is 30.8 Å². The normalized spacial score (nSPS) is 9.61. The largest absolute Gasteiger partial charge is 0.385 e. The molecule has 1 heterocycles. The minimum Gasteiger partial charge on any atom is -0.385 e. The first kappa shape index (κ1) is 14.3. The molecule has 0 saturated heterocycles. The van der Waals surface area contributed by atoms with Crippen LogP contribution in [0.4, 0.5) is 0 Å². The van der Waals surface area contributed by atoms with E-state index in [9.17, 15) is 4.79 Å². The molecule has 3 N–H and O–H groups in total. The Morgan fingerprint density at radius 3 is 3.00 bits per heavy atom. The maximum absolute atomic E-state index is 11.6. The highest BCUT2D eigenvalue weighted by Crippen LogP contribution is 1.93. The van der Waals surface area contributed by atoms with Crippen LogP contribution in [-0.4, -0.2) is 36.3 Å². The van der Waals surface area contributed by atoms with E-state index in [0.717, 1.165) is 6.42 Å². The topological polar surface area (TPSA) is 75.3 Å². The van der Waals surface area contributed by atoms with Gasteiger partial charge in [-0.2, -0.15) is 0 Å². The lowest BCUT2D eigenvalue weighted by molar-refractivity contribution is 0.0943. The predicted molar refractivity (Wildman–Crippen MR) is 71.9 cm³/mol. The Kier molecular flexibility index (Phi) is 6.67. The molecule has 1 amide bonds. The summed E-state index contributed by atoms with van der Waals surface area (Å²) in [6, 6.07) is 3.36. The molecule has 1 aromatic rings. The Hall–Kier alpha value is -1.73. The number of pyridine rings is 1. The van der Waals surface area contributed by atoms with Crippen LogP contribution in [0.25, 0.3) is 0 Å². The minimum atomic E-state index is -0.288. The van der Waals surface area contributed by atoms with E-state index < -0.39 is 0 Å². The van der Waals surface area contributed by atoms with Gasteiger partial charge < -0.3 is 10.1 Å². The molecule has 0 spiro atoms. The van der Waals surface area contributed by atoms with Crippen LogP contribution >= 0.6 is 12.2 Å². The monoisotopic (exact) mass is 268 g/mol. The van der Waals surface area contributed by atoms with Gasteiger partial charge in [0.1, 0.15) is 0 Å². The van der Waals surface area contributed by atoms with E-state index in [1.54, 1.807) is 25.4 Å². The summed E-state index contributed by atoms with van der Waals surface area (Å²) in [5, 5.41) is 3.30. The quantitative estimate of drug-likeness (QED) is 0.403. The summed E-state index contributed by atoms with van der Waals surface area (Å²) < 4.78 is 4.90. The molecular weight excluding hydrogens is 252 g/mol. The highest BCUT2D eigenvalue weighted by atomic mass is 32.1. The van der Waals surface area contributed by atoms with E-state index in [2.05, 4.69) is 21.2 Å². The Balaban J connectivity index is 2.20. The van der Waals surface area contributed by atoms with Crippen LogP contribution in [0.2, 0.25) is 0 Å². The molecule has 0 bridgehead atoms. The average molecular weight is 268 g/mol. The van der Waals surface area contributed by atoms with E-state index in [1.807, 2.05) is 0 Å². The number of carbonyl (C=O) groups is 1. The van der Waals surface area contributed by atoms with Gasteiger partial charge in [-0.25, -0.2) is 0 Å². The van der Waals surface area contributed by atoms with Gasteiger partial charge in [-0.3, -0.25) is 20.6 Å². The third-order valence-corrected chi connectivity index (χ3v) is 2.27. The highest BCUT2D eigenvalue weighted by Gasteiger charge is 2.04. The lowest BCUT2D eigenvalue weighted by atomic mass is 10.3. The number of nitrogens with one attached hydrogen (secondary N) is 3. The molecule has 0 fully saturated rings. The summed E-state index contributed by atoms with van der Waals surface area (Å²) in [4.78, 5) is 15.5. The number of hydrogen-bond donors (Lipinski definition) is 3. The minimum absolute atomic E-state index is 0.288. The van der Waals surface area contributed by atoms with Gasteiger partial charge in [0.05, 0.1) is 5.56 Å². The number of hydrogen-bond acceptors (Lipinski definition) is 4. The molecule has 0 atom stereocenters. The summed E-state index contributed by atoms with van der Waals surface area (Å²) in [7, 11) is 1.64. The Morgan fingerprint density at radius 1 is 1.50 bits per heavy atom. The van der Waals surface area contributed by atoms with Gasteiger partial charge in [0.15, 0.2) is 5.11 Å². The maximum atomic E-state index is 11.6. The molecule has 6 nitrogen and oxygen atoms in total. The zero-order chi connectivity index (χ0) is 13.2. The fraction of sp³-hybridized carbons (Fsp3) is 0.364. The number of aromatic nitrogens is 1. The number of carbonyl (C=O) groups excluding carboxylic acids is 1. The summed E-state index contributed by atoms with van der Waals surface area (Å²) in [6.07, 6.45) is 3.92. The number of hydrazine groups is 1. The van der Waals surface area contributed by atoms with Crippen LogP contribution in [0.1, 0.15) is 16.8 Å². The average Bonchev–Trinajstić information content (AvgIpc) is 2.42. The second kappa shape index (κ2) is 8.37. The van der Waals surface area contributed by atoms with Crippen molar-refractivity contribution in [1.82, 2.24) is 21.2 Å². The molecule has 0 saturated carbocycles. The Bertz CT molecular complexity index is 386. The number of amides is 1. The van der Waals surface area contributed by atoms with Gasteiger partial charge in [-0.15, -0.1) is 0 Å². The lowest BCUT2D eigenvalue weighted by Crippen LogP contribution is -2.47. The van der Waals surface area contributed by atoms with Crippen molar-refractivity contribution in [1.29, 1.82) is 0 Å². The van der Waals surface area contributed by atoms with Crippen molar-refractivity contribution in [3.05, 3.63) is 30.1 Å². The first-order valence-electron chi connectivity index (χ1n) is 5.47. The van der Waals surface area contributed by atoms with Crippen LogP contribution in [-0.2, 0) is 4.74 Å². The van der Waals surface area contributed by atoms with E-state index in [0.29, 0.717) is 23.8 Å². The van der Waals surface area contributed by atoms with Crippen molar-refractivity contribution < 1.29 is 9.53 Å². The number of ether oxygens (including phenoxy) is 1. The molecule has 1 aromatic heterocycles. The number of nitrogens with zero attached hydrogens (tertiary/aromatic N) is 1. The van der Waals surface area contributed by atoms with Gasteiger partial charge in [0, 0.05) is 32.7 Å². The third-order valence-electron chi connectivity index (χ3n) is 2.02. The smallest absolute Gasteiger partial charge is 0.271 e. The molecule has 0 aliphatic rings. The standard InChI is InChI=1S/C11H16N4O2S/c1-17-7-3-6-13-11(18)15-14-10(16)9-4-2-5-12-8-9/h2,4-5,8H,3,6-7H2,1H3,(H,14,16)(H2,13,15,18). The van der Waals surface area contributed by atoms with Gasteiger partial charge in [0.2, 0.25) is 0 Å². The van der Waals surface area contributed by atoms with Crippen LogP contribution in [0.15, 0.2) is 24.5 Å². The molecule has 7 heteroatoms. The van der Waals surface area contributed by atoms with Crippen molar-refractivity contribution in [2.75, 3.05) is 20.3 Å². The SMILES string of the molecule is COCCCNC(=S)NNC(=O)c1cccnc1. The summed E-state index contributed by atoms with van der Waals surface area (Å²) >= 11 is 4.98. The fourth-order valence-corrected chi connectivity index (χ4v) is 1.30. The zero-order valence-corrected chi connectivity index (χ0v) is 10.9.